The van der Waals surface area contributed by atoms with Gasteiger partial charge in [-0.05, 0) is 38.3 Å². The second kappa shape index (κ2) is 11.0. The lowest BCUT2D eigenvalue weighted by Gasteiger charge is -2.34. The lowest BCUT2D eigenvalue weighted by atomic mass is 9.98. The van der Waals surface area contributed by atoms with E-state index in [1.165, 1.54) is 11.3 Å². The van der Waals surface area contributed by atoms with E-state index < -0.39 is 0 Å². The summed E-state index contributed by atoms with van der Waals surface area (Å²) in [5.41, 5.74) is 2.45. The van der Waals surface area contributed by atoms with Crippen LogP contribution in [0.15, 0.2) is 29.3 Å². The zero-order valence-corrected chi connectivity index (χ0v) is 17.7. The lowest BCUT2D eigenvalue weighted by molar-refractivity contribution is -0.149. The van der Waals surface area contributed by atoms with E-state index in [4.69, 9.17) is 14.5 Å². The minimum Gasteiger partial charge on any atom is -0.466 e. The maximum Gasteiger partial charge on any atom is 0.310 e. The molecule has 3 rings (SSSR count). The number of rotatable bonds is 6. The SMILES string of the molecule is CCNC(=NCc1ccccc1N1CCOCC1)N1CCCC(C(=O)OCC)C1. The molecule has 2 aliphatic rings. The summed E-state index contributed by atoms with van der Waals surface area (Å²) < 4.78 is 10.7. The predicted molar refractivity (Wildman–Crippen MR) is 115 cm³/mol. The van der Waals surface area contributed by atoms with Gasteiger partial charge in [0.1, 0.15) is 0 Å². The number of aliphatic imine (C=N–C) groups is 1. The normalized spacial score (nSPS) is 20.5. The zero-order chi connectivity index (χ0) is 20.5. The Morgan fingerprint density at radius 1 is 1.24 bits per heavy atom. The van der Waals surface area contributed by atoms with Crippen molar-refractivity contribution in [1.82, 2.24) is 10.2 Å². The summed E-state index contributed by atoms with van der Waals surface area (Å²) in [5.74, 6) is 0.706. The molecule has 0 radical (unpaired) electrons. The van der Waals surface area contributed by atoms with Crippen molar-refractivity contribution in [3.05, 3.63) is 29.8 Å². The molecule has 7 nitrogen and oxygen atoms in total. The number of ether oxygens (including phenoxy) is 2. The van der Waals surface area contributed by atoms with Crippen molar-refractivity contribution in [3.63, 3.8) is 0 Å². The number of piperidine rings is 1. The van der Waals surface area contributed by atoms with Crippen LogP contribution in [0.1, 0.15) is 32.3 Å². The summed E-state index contributed by atoms with van der Waals surface area (Å²) in [6.07, 6.45) is 1.85. The molecule has 0 aromatic heterocycles. The molecule has 160 valence electrons. The van der Waals surface area contributed by atoms with Gasteiger partial charge in [-0.25, -0.2) is 4.99 Å². The largest absolute Gasteiger partial charge is 0.466 e. The summed E-state index contributed by atoms with van der Waals surface area (Å²) in [7, 11) is 0. The van der Waals surface area contributed by atoms with Crippen LogP contribution in [-0.2, 0) is 20.8 Å². The molecule has 0 aliphatic carbocycles. The van der Waals surface area contributed by atoms with Crippen LogP contribution in [0.4, 0.5) is 5.69 Å². The first kappa shape index (κ1) is 21.4. The number of para-hydroxylation sites is 1. The third kappa shape index (κ3) is 5.85. The minimum absolute atomic E-state index is 0.0757. The quantitative estimate of drug-likeness (QED) is 0.447. The van der Waals surface area contributed by atoms with Crippen LogP contribution in [0, 0.1) is 5.92 Å². The Bertz CT molecular complexity index is 688. The molecule has 1 N–H and O–H groups in total. The van der Waals surface area contributed by atoms with Crippen LogP contribution in [0.3, 0.4) is 0 Å². The van der Waals surface area contributed by atoms with Crippen LogP contribution in [-0.4, -0.2) is 69.4 Å². The number of hydrogen-bond acceptors (Lipinski definition) is 5. The monoisotopic (exact) mass is 402 g/mol. The Hall–Kier alpha value is -2.28. The van der Waals surface area contributed by atoms with Crippen LogP contribution in [0.2, 0.25) is 0 Å². The Balaban J connectivity index is 1.72. The van der Waals surface area contributed by atoms with E-state index in [9.17, 15) is 4.79 Å². The molecule has 0 spiro atoms. The van der Waals surface area contributed by atoms with Gasteiger partial charge >= 0.3 is 5.97 Å². The van der Waals surface area contributed by atoms with Crippen molar-refractivity contribution >= 4 is 17.6 Å². The minimum atomic E-state index is -0.0919. The van der Waals surface area contributed by atoms with Crippen molar-refractivity contribution in [2.24, 2.45) is 10.9 Å². The number of benzene rings is 1. The first-order valence-corrected chi connectivity index (χ1v) is 10.8. The van der Waals surface area contributed by atoms with E-state index in [1.807, 2.05) is 6.92 Å². The Morgan fingerprint density at radius 3 is 2.79 bits per heavy atom. The van der Waals surface area contributed by atoms with Crippen LogP contribution in [0.5, 0.6) is 0 Å². The van der Waals surface area contributed by atoms with E-state index >= 15 is 0 Å². The first-order valence-electron chi connectivity index (χ1n) is 10.8. The number of anilines is 1. The molecular weight excluding hydrogens is 368 g/mol. The van der Waals surface area contributed by atoms with Crippen LogP contribution < -0.4 is 10.2 Å². The molecule has 7 heteroatoms. The third-order valence-electron chi connectivity index (χ3n) is 5.42. The van der Waals surface area contributed by atoms with Gasteiger partial charge < -0.3 is 24.6 Å². The van der Waals surface area contributed by atoms with E-state index in [0.29, 0.717) is 19.7 Å². The standard InChI is InChI=1S/C22H34N4O3/c1-3-23-22(26-11-7-9-19(17-26)21(27)29-4-2)24-16-18-8-5-6-10-20(18)25-12-14-28-15-13-25/h5-6,8,10,19H,3-4,7,9,11-17H2,1-2H3,(H,23,24). The lowest BCUT2D eigenvalue weighted by Crippen LogP contribution is -2.48. The zero-order valence-electron chi connectivity index (χ0n) is 17.7. The fraction of sp³-hybridized carbons (Fsp3) is 0.636. The molecule has 2 aliphatic heterocycles. The molecule has 0 saturated carbocycles. The molecule has 29 heavy (non-hydrogen) atoms. The highest BCUT2D eigenvalue weighted by Gasteiger charge is 2.28. The molecular formula is C22H34N4O3. The first-order chi connectivity index (χ1) is 14.2. The predicted octanol–water partition coefficient (Wildman–Crippen LogP) is 2.26. The highest BCUT2D eigenvalue weighted by Crippen LogP contribution is 2.23. The third-order valence-corrected chi connectivity index (χ3v) is 5.42. The molecule has 1 aromatic carbocycles. The van der Waals surface area contributed by atoms with E-state index in [1.54, 1.807) is 0 Å². The Kier molecular flexibility index (Phi) is 8.16. The summed E-state index contributed by atoms with van der Waals surface area (Å²) in [4.78, 5) is 21.7. The molecule has 2 heterocycles. The van der Waals surface area contributed by atoms with Crippen LogP contribution >= 0.6 is 0 Å². The highest BCUT2D eigenvalue weighted by atomic mass is 16.5. The van der Waals surface area contributed by atoms with Crippen molar-refractivity contribution in [1.29, 1.82) is 0 Å². The maximum atomic E-state index is 12.2. The smallest absolute Gasteiger partial charge is 0.310 e. The molecule has 1 unspecified atom stereocenters. The number of carbonyl (C=O) groups excluding carboxylic acids is 1. The molecule has 0 bridgehead atoms. The average Bonchev–Trinajstić information content (AvgIpc) is 2.78. The van der Waals surface area contributed by atoms with Gasteiger partial charge in [0.05, 0.1) is 32.3 Å². The fourth-order valence-electron chi connectivity index (χ4n) is 3.97. The second-order valence-corrected chi connectivity index (χ2v) is 7.44. The topological polar surface area (TPSA) is 66.4 Å². The highest BCUT2D eigenvalue weighted by molar-refractivity contribution is 5.81. The van der Waals surface area contributed by atoms with Crippen molar-refractivity contribution in [3.8, 4) is 0 Å². The number of nitrogens with one attached hydrogen (secondary N) is 1. The maximum absolute atomic E-state index is 12.2. The molecule has 2 saturated heterocycles. The van der Waals surface area contributed by atoms with Crippen LogP contribution in [0.25, 0.3) is 0 Å². The van der Waals surface area contributed by atoms with Gasteiger partial charge in [0.2, 0.25) is 0 Å². The Labute approximate surface area is 174 Å². The molecule has 0 amide bonds. The van der Waals surface area contributed by atoms with Gasteiger partial charge in [-0.1, -0.05) is 18.2 Å². The number of hydrogen-bond donors (Lipinski definition) is 1. The summed E-state index contributed by atoms with van der Waals surface area (Å²) >= 11 is 0. The van der Waals surface area contributed by atoms with Gasteiger partial charge in [-0.3, -0.25) is 4.79 Å². The second-order valence-electron chi connectivity index (χ2n) is 7.44. The van der Waals surface area contributed by atoms with E-state index in [0.717, 1.165) is 58.2 Å². The number of guanidine groups is 1. The number of morpholine rings is 1. The van der Waals surface area contributed by atoms with Crippen molar-refractivity contribution in [2.45, 2.75) is 33.2 Å². The Morgan fingerprint density at radius 2 is 2.03 bits per heavy atom. The molecule has 1 aromatic rings. The number of carbonyl (C=O) groups is 1. The van der Waals surface area contributed by atoms with Gasteiger partial charge in [0.25, 0.3) is 0 Å². The molecule has 1 atom stereocenters. The number of esters is 1. The van der Waals surface area contributed by atoms with Gasteiger partial charge in [-0.2, -0.15) is 0 Å². The van der Waals surface area contributed by atoms with E-state index in [2.05, 4.69) is 46.3 Å². The van der Waals surface area contributed by atoms with Gasteiger partial charge in [-0.15, -0.1) is 0 Å². The van der Waals surface area contributed by atoms with Crippen molar-refractivity contribution < 1.29 is 14.3 Å². The average molecular weight is 403 g/mol. The summed E-state index contributed by atoms with van der Waals surface area (Å²) in [6, 6.07) is 8.47. The summed E-state index contributed by atoms with van der Waals surface area (Å²) in [6.45, 7) is 10.7. The summed E-state index contributed by atoms with van der Waals surface area (Å²) in [5, 5.41) is 3.40. The van der Waals surface area contributed by atoms with E-state index in [-0.39, 0.29) is 11.9 Å². The van der Waals surface area contributed by atoms with Crippen molar-refractivity contribution in [2.75, 3.05) is 57.4 Å². The number of likely N-dealkylation sites (tertiary alicyclic amines) is 1. The van der Waals surface area contributed by atoms with Gasteiger partial charge in [0.15, 0.2) is 5.96 Å². The number of nitrogens with zero attached hydrogens (tertiary/aromatic N) is 3. The fourth-order valence-corrected chi connectivity index (χ4v) is 3.97. The molecule has 2 fully saturated rings. The van der Waals surface area contributed by atoms with Gasteiger partial charge in [0, 0.05) is 38.4 Å².